The van der Waals surface area contributed by atoms with E-state index in [9.17, 15) is 10.2 Å². The Morgan fingerprint density at radius 3 is 0.971 bits per heavy atom. The van der Waals surface area contributed by atoms with E-state index in [1.54, 1.807) is 23.5 Å². The monoisotopic (exact) mass is 516 g/mol. The quantitative estimate of drug-likeness (QED) is 0.313. The summed E-state index contributed by atoms with van der Waals surface area (Å²) in [5.74, 6) is 0.830. The summed E-state index contributed by atoms with van der Waals surface area (Å²) >= 11 is 3.57. The normalized spacial score (nSPS) is 13.9. The van der Waals surface area contributed by atoms with Crippen molar-refractivity contribution in [2.45, 2.75) is 132 Å². The Morgan fingerprint density at radius 2 is 0.743 bits per heavy atom. The highest BCUT2D eigenvalue weighted by Crippen LogP contribution is 2.53. The highest BCUT2D eigenvalue weighted by molar-refractivity contribution is 8.18. The van der Waals surface area contributed by atoms with Crippen LogP contribution in [0.1, 0.15) is 119 Å². The van der Waals surface area contributed by atoms with Crippen LogP contribution >= 0.6 is 23.5 Å². The van der Waals surface area contributed by atoms with Gasteiger partial charge < -0.3 is 10.2 Å². The summed E-state index contributed by atoms with van der Waals surface area (Å²) in [7, 11) is 0. The predicted octanol–water partition coefficient (Wildman–Crippen LogP) is 9.91. The molecule has 0 bridgehead atoms. The summed E-state index contributed by atoms with van der Waals surface area (Å²) in [6.07, 6.45) is 0. The number of phenolic OH excluding ortho intramolecular Hbond substituents is 2. The minimum Gasteiger partial charge on any atom is -0.507 e. The molecule has 0 saturated carbocycles. The van der Waals surface area contributed by atoms with E-state index < -0.39 is 0 Å². The number of rotatable bonds is 4. The molecule has 2 nitrogen and oxygen atoms in total. The summed E-state index contributed by atoms with van der Waals surface area (Å²) in [6, 6.07) is 8.52. The van der Waals surface area contributed by atoms with Gasteiger partial charge in [-0.3, -0.25) is 0 Å². The Labute approximate surface area is 223 Å². The van der Waals surface area contributed by atoms with Crippen molar-refractivity contribution in [1.82, 2.24) is 0 Å². The first-order valence-corrected chi connectivity index (χ1v) is 14.2. The summed E-state index contributed by atoms with van der Waals surface area (Å²) in [5, 5.41) is 22.7. The summed E-state index contributed by atoms with van der Waals surface area (Å²) in [4.78, 5) is 2.21. The molecule has 0 aliphatic carbocycles. The Morgan fingerprint density at radius 1 is 0.457 bits per heavy atom. The smallest absolute Gasteiger partial charge is 0.124 e. The molecule has 0 aromatic heterocycles. The summed E-state index contributed by atoms with van der Waals surface area (Å²) < 4.78 is -0.231. The van der Waals surface area contributed by atoms with Crippen LogP contribution in [0.5, 0.6) is 11.5 Å². The molecule has 0 radical (unpaired) electrons. The second-order valence-electron chi connectivity index (χ2n) is 14.3. The summed E-state index contributed by atoms with van der Waals surface area (Å²) in [5.41, 5.74) is 3.31. The molecule has 2 N–H and O–H groups in total. The van der Waals surface area contributed by atoms with Crippen LogP contribution in [0.15, 0.2) is 34.1 Å². The van der Waals surface area contributed by atoms with Gasteiger partial charge in [0.15, 0.2) is 0 Å². The van der Waals surface area contributed by atoms with Crippen LogP contribution in [0, 0.1) is 0 Å². The van der Waals surface area contributed by atoms with E-state index in [0.717, 1.165) is 32.0 Å². The Bertz CT molecular complexity index is 984. The minimum absolute atomic E-state index is 0.133. The molecule has 0 unspecified atom stereocenters. The van der Waals surface area contributed by atoms with E-state index in [2.05, 4.69) is 121 Å². The minimum atomic E-state index is -0.231. The highest BCUT2D eigenvalue weighted by Gasteiger charge is 2.34. The molecule has 2 aromatic carbocycles. The fourth-order valence-corrected chi connectivity index (χ4v) is 7.57. The number of hydrogen-bond acceptors (Lipinski definition) is 4. The largest absolute Gasteiger partial charge is 0.507 e. The molecule has 2 aromatic rings. The van der Waals surface area contributed by atoms with E-state index in [4.69, 9.17) is 0 Å². The van der Waals surface area contributed by atoms with Crippen LogP contribution in [0.25, 0.3) is 0 Å². The Balaban J connectivity index is 2.60. The maximum atomic E-state index is 11.4. The van der Waals surface area contributed by atoms with Crippen molar-refractivity contribution in [2.24, 2.45) is 0 Å². The van der Waals surface area contributed by atoms with Gasteiger partial charge in [-0.05, 0) is 58.8 Å². The first-order chi connectivity index (χ1) is 15.5. The maximum Gasteiger partial charge on any atom is 0.124 e. The Hall–Kier alpha value is -1.26. The fourth-order valence-electron chi connectivity index (χ4n) is 4.53. The SMILES string of the molecule is CC(C)(Sc1ccc(C(C)(C)C)c(O)c1C(C)(C)C)Sc1ccc(C(C)(C)C)c(O)c1C(C)(C)C. The average Bonchev–Trinajstić information content (AvgIpc) is 2.56. The van der Waals surface area contributed by atoms with Gasteiger partial charge in [-0.1, -0.05) is 95.2 Å². The van der Waals surface area contributed by atoms with Gasteiger partial charge in [0, 0.05) is 20.9 Å². The molecule has 0 amide bonds. The fraction of sp³-hybridized carbons (Fsp3) is 0.613. The van der Waals surface area contributed by atoms with Crippen molar-refractivity contribution in [1.29, 1.82) is 0 Å². The van der Waals surface area contributed by atoms with Crippen molar-refractivity contribution in [3.8, 4) is 11.5 Å². The number of phenols is 2. The Kier molecular flexibility index (Phi) is 8.18. The van der Waals surface area contributed by atoms with Crippen LogP contribution in [-0.4, -0.2) is 14.3 Å². The molecule has 196 valence electrons. The number of thioether (sulfide) groups is 2. The van der Waals surface area contributed by atoms with Crippen LogP contribution in [0.3, 0.4) is 0 Å². The molecule has 0 aliphatic heterocycles. The van der Waals surface area contributed by atoms with Gasteiger partial charge in [0.05, 0.1) is 4.08 Å². The lowest BCUT2D eigenvalue weighted by Crippen LogP contribution is -2.20. The summed E-state index contributed by atoms with van der Waals surface area (Å²) in [6.45, 7) is 30.3. The number of benzene rings is 2. The second kappa shape index (κ2) is 9.56. The molecule has 0 atom stereocenters. The first kappa shape index (κ1) is 30.0. The van der Waals surface area contributed by atoms with E-state index in [1.807, 2.05) is 0 Å². The third-order valence-electron chi connectivity index (χ3n) is 6.11. The van der Waals surface area contributed by atoms with Crippen molar-refractivity contribution in [3.63, 3.8) is 0 Å². The molecule has 0 spiro atoms. The van der Waals surface area contributed by atoms with E-state index >= 15 is 0 Å². The van der Waals surface area contributed by atoms with Crippen molar-refractivity contribution in [3.05, 3.63) is 46.5 Å². The third-order valence-corrected chi connectivity index (χ3v) is 8.71. The van der Waals surface area contributed by atoms with Crippen LogP contribution in [0.2, 0.25) is 0 Å². The van der Waals surface area contributed by atoms with Crippen LogP contribution in [-0.2, 0) is 21.7 Å². The lowest BCUT2D eigenvalue weighted by Gasteiger charge is -2.34. The average molecular weight is 517 g/mol. The van der Waals surface area contributed by atoms with Gasteiger partial charge in [-0.15, -0.1) is 23.5 Å². The zero-order chi connectivity index (χ0) is 27.4. The molecule has 35 heavy (non-hydrogen) atoms. The number of hydrogen-bond donors (Lipinski definition) is 2. The lowest BCUT2D eigenvalue weighted by atomic mass is 9.79. The molecule has 0 heterocycles. The van der Waals surface area contributed by atoms with Crippen LogP contribution in [0.4, 0.5) is 0 Å². The van der Waals surface area contributed by atoms with E-state index in [-0.39, 0.29) is 25.7 Å². The first-order valence-electron chi connectivity index (χ1n) is 12.6. The molecular weight excluding hydrogens is 468 g/mol. The van der Waals surface area contributed by atoms with Crippen molar-refractivity contribution >= 4 is 23.5 Å². The van der Waals surface area contributed by atoms with Gasteiger partial charge in [-0.2, -0.15) is 0 Å². The zero-order valence-corrected chi connectivity index (χ0v) is 26.2. The molecule has 4 heteroatoms. The molecule has 0 aliphatic rings. The van der Waals surface area contributed by atoms with Gasteiger partial charge in [0.25, 0.3) is 0 Å². The zero-order valence-electron chi connectivity index (χ0n) is 24.5. The molecule has 2 rings (SSSR count). The highest BCUT2D eigenvalue weighted by atomic mass is 32.2. The van der Waals surface area contributed by atoms with Crippen LogP contribution < -0.4 is 0 Å². The van der Waals surface area contributed by atoms with Gasteiger partial charge in [0.1, 0.15) is 11.5 Å². The predicted molar refractivity (Wildman–Crippen MR) is 157 cm³/mol. The second-order valence-corrected chi connectivity index (χ2v) is 17.9. The molecule has 0 fully saturated rings. The molecule has 0 saturated heterocycles. The third kappa shape index (κ3) is 6.95. The van der Waals surface area contributed by atoms with E-state index in [0.29, 0.717) is 11.5 Å². The van der Waals surface area contributed by atoms with Crippen molar-refractivity contribution < 1.29 is 10.2 Å². The molecular formula is C31H48O2S2. The van der Waals surface area contributed by atoms with Gasteiger partial charge in [-0.25, -0.2) is 0 Å². The lowest BCUT2D eigenvalue weighted by molar-refractivity contribution is 0.418. The maximum absolute atomic E-state index is 11.4. The van der Waals surface area contributed by atoms with E-state index in [1.165, 1.54) is 0 Å². The number of aromatic hydroxyl groups is 2. The van der Waals surface area contributed by atoms with Gasteiger partial charge >= 0.3 is 0 Å². The van der Waals surface area contributed by atoms with Gasteiger partial charge in [0.2, 0.25) is 0 Å². The standard InChI is InChI=1S/C31H48O2S2/c1-27(2,3)19-15-17-21(23(25(19)32)29(7,8)9)34-31(13,14)35-22-18-16-20(28(4,5)6)26(33)24(22)30(10,11)12/h15-18,32-33H,1-14H3. The van der Waals surface area contributed by atoms with Crippen molar-refractivity contribution in [2.75, 3.05) is 0 Å². The topological polar surface area (TPSA) is 40.5 Å².